The summed E-state index contributed by atoms with van der Waals surface area (Å²) in [5.41, 5.74) is 2.09. The van der Waals surface area contributed by atoms with E-state index in [0.29, 0.717) is 12.8 Å². The van der Waals surface area contributed by atoms with Crippen LogP contribution >= 0.6 is 0 Å². The van der Waals surface area contributed by atoms with Crippen LogP contribution in [0.3, 0.4) is 0 Å². The molecule has 0 N–H and O–H groups in total. The maximum absolute atomic E-state index is 13.1. The van der Waals surface area contributed by atoms with E-state index in [4.69, 9.17) is 4.74 Å². The van der Waals surface area contributed by atoms with Crippen molar-refractivity contribution < 1.29 is 4.74 Å². The summed E-state index contributed by atoms with van der Waals surface area (Å²) in [5.74, 6) is 0.878. The minimum atomic E-state index is 0.0709. The van der Waals surface area contributed by atoms with Gasteiger partial charge in [-0.05, 0) is 43.7 Å². The molecule has 4 rings (SSSR count). The van der Waals surface area contributed by atoms with Gasteiger partial charge >= 0.3 is 5.69 Å². The van der Waals surface area contributed by atoms with Gasteiger partial charge in [-0.25, -0.2) is 4.79 Å². The molecule has 1 saturated carbocycles. The summed E-state index contributed by atoms with van der Waals surface area (Å²) >= 11 is 0. The number of rotatable bonds is 5. The summed E-state index contributed by atoms with van der Waals surface area (Å²) in [4.78, 5) is 15.7. The number of aromatic nitrogens is 2. The lowest BCUT2D eigenvalue weighted by Gasteiger charge is -2.35. The van der Waals surface area contributed by atoms with E-state index in [9.17, 15) is 4.79 Å². The van der Waals surface area contributed by atoms with E-state index in [0.717, 1.165) is 42.9 Å². The van der Waals surface area contributed by atoms with Gasteiger partial charge in [0.15, 0.2) is 0 Å². The monoisotopic (exact) mass is 385 g/mol. The van der Waals surface area contributed by atoms with Crippen LogP contribution in [0.25, 0.3) is 11.0 Å². The Bertz CT molecular complexity index is 809. The molecule has 0 radical (unpaired) electrons. The van der Waals surface area contributed by atoms with E-state index >= 15 is 0 Å². The number of imidazole rings is 1. The van der Waals surface area contributed by atoms with Gasteiger partial charge in [-0.3, -0.25) is 9.13 Å². The fraction of sp³-hybridized carbons (Fsp3) is 0.696. The standard InChI is InChI=1S/C23H35N3O2/c1-28-18-25-21-11-7-8-12-22(21)26(23(25)27)20-13-15-24(16-14-20)17-19-9-5-3-2-4-6-10-19/h7-8,11-12,19-20H,2-6,9-10,13-18H2,1H3. The Morgan fingerprint density at radius 1 is 0.929 bits per heavy atom. The molecule has 1 aliphatic carbocycles. The number of hydrogen-bond donors (Lipinski definition) is 0. The summed E-state index contributed by atoms with van der Waals surface area (Å²) in [6, 6.07) is 8.42. The average molecular weight is 386 g/mol. The summed E-state index contributed by atoms with van der Waals surface area (Å²) in [5, 5.41) is 0. The molecule has 2 aliphatic rings. The minimum Gasteiger partial charge on any atom is -0.364 e. The van der Waals surface area contributed by atoms with Crippen LogP contribution in [0, 0.1) is 5.92 Å². The number of nitrogens with zero attached hydrogens (tertiary/aromatic N) is 3. The molecule has 5 heteroatoms. The first-order valence-electron chi connectivity index (χ1n) is 11.2. The van der Waals surface area contributed by atoms with Crippen molar-refractivity contribution in [1.29, 1.82) is 0 Å². The predicted octanol–water partition coefficient (Wildman–Crippen LogP) is 4.40. The average Bonchev–Trinajstić information content (AvgIpc) is 2.97. The quantitative estimate of drug-likeness (QED) is 0.766. The highest BCUT2D eigenvalue weighted by Gasteiger charge is 2.26. The van der Waals surface area contributed by atoms with E-state index in [1.807, 2.05) is 22.8 Å². The molecular formula is C23H35N3O2. The topological polar surface area (TPSA) is 39.4 Å². The fourth-order valence-electron chi connectivity index (χ4n) is 5.29. The molecule has 2 heterocycles. The van der Waals surface area contributed by atoms with E-state index in [-0.39, 0.29) is 5.69 Å². The molecule has 154 valence electrons. The van der Waals surface area contributed by atoms with Gasteiger partial charge in [0.2, 0.25) is 0 Å². The molecule has 2 aromatic rings. The summed E-state index contributed by atoms with van der Waals surface area (Å²) in [6.07, 6.45) is 12.0. The van der Waals surface area contributed by atoms with Crippen molar-refractivity contribution in [3.63, 3.8) is 0 Å². The summed E-state index contributed by atoms with van der Waals surface area (Å²) < 4.78 is 9.07. The Labute approximate surface area is 168 Å². The molecule has 1 aromatic heterocycles. The third kappa shape index (κ3) is 4.20. The predicted molar refractivity (Wildman–Crippen MR) is 114 cm³/mol. The number of piperidine rings is 1. The number of fused-ring (bicyclic) bond motifs is 1. The van der Waals surface area contributed by atoms with E-state index in [1.165, 1.54) is 51.5 Å². The SMILES string of the molecule is COCn1c(=O)n(C2CCN(CC3CCCCCCC3)CC2)c2ccccc21. The van der Waals surface area contributed by atoms with Crippen molar-refractivity contribution in [2.24, 2.45) is 5.92 Å². The number of methoxy groups -OCH3 is 1. The number of para-hydroxylation sites is 2. The fourth-order valence-corrected chi connectivity index (χ4v) is 5.29. The zero-order valence-corrected chi connectivity index (χ0v) is 17.3. The van der Waals surface area contributed by atoms with Crippen molar-refractivity contribution in [2.75, 3.05) is 26.7 Å². The number of likely N-dealkylation sites (tertiary alicyclic amines) is 1. The molecule has 28 heavy (non-hydrogen) atoms. The van der Waals surface area contributed by atoms with E-state index in [2.05, 4.69) is 11.0 Å². The van der Waals surface area contributed by atoms with Crippen molar-refractivity contribution in [3.05, 3.63) is 34.7 Å². The first-order valence-corrected chi connectivity index (χ1v) is 11.2. The second-order valence-corrected chi connectivity index (χ2v) is 8.73. The molecule has 0 bridgehead atoms. The summed E-state index contributed by atoms with van der Waals surface area (Å²) in [7, 11) is 1.65. The lowest BCUT2D eigenvalue weighted by Crippen LogP contribution is -2.40. The lowest BCUT2D eigenvalue weighted by molar-refractivity contribution is 0.127. The molecule has 0 unspecified atom stereocenters. The van der Waals surface area contributed by atoms with Gasteiger partial charge in [0, 0.05) is 32.8 Å². The normalized spacial score (nSPS) is 21.0. The van der Waals surface area contributed by atoms with Crippen LogP contribution in [0.5, 0.6) is 0 Å². The van der Waals surface area contributed by atoms with Crippen molar-refractivity contribution in [3.8, 4) is 0 Å². The minimum absolute atomic E-state index is 0.0709. The molecule has 1 aliphatic heterocycles. The van der Waals surface area contributed by atoms with Crippen LogP contribution in [-0.4, -0.2) is 40.8 Å². The smallest absolute Gasteiger partial charge is 0.331 e. The Balaban J connectivity index is 1.44. The molecular weight excluding hydrogens is 350 g/mol. The zero-order chi connectivity index (χ0) is 19.3. The third-order valence-electron chi connectivity index (χ3n) is 6.79. The van der Waals surface area contributed by atoms with Crippen molar-refractivity contribution >= 4 is 11.0 Å². The molecule has 0 amide bonds. The Morgan fingerprint density at radius 3 is 2.25 bits per heavy atom. The second-order valence-electron chi connectivity index (χ2n) is 8.73. The van der Waals surface area contributed by atoms with Crippen molar-refractivity contribution in [1.82, 2.24) is 14.0 Å². The summed E-state index contributed by atoms with van der Waals surface area (Å²) in [6.45, 7) is 3.79. The largest absolute Gasteiger partial charge is 0.364 e. The molecule has 0 spiro atoms. The molecule has 0 atom stereocenters. The maximum Gasteiger partial charge on any atom is 0.331 e. The number of benzene rings is 1. The highest BCUT2D eigenvalue weighted by atomic mass is 16.5. The van der Waals surface area contributed by atoms with Crippen LogP contribution in [0.2, 0.25) is 0 Å². The van der Waals surface area contributed by atoms with Gasteiger partial charge in [0.05, 0.1) is 11.0 Å². The highest BCUT2D eigenvalue weighted by Crippen LogP contribution is 2.28. The Morgan fingerprint density at radius 2 is 1.57 bits per heavy atom. The highest BCUT2D eigenvalue weighted by molar-refractivity contribution is 5.76. The van der Waals surface area contributed by atoms with Crippen LogP contribution in [-0.2, 0) is 11.5 Å². The van der Waals surface area contributed by atoms with Crippen LogP contribution in [0.4, 0.5) is 0 Å². The van der Waals surface area contributed by atoms with Crippen molar-refractivity contribution in [2.45, 2.75) is 70.6 Å². The van der Waals surface area contributed by atoms with Crippen LogP contribution in [0.1, 0.15) is 63.8 Å². The molecule has 5 nitrogen and oxygen atoms in total. The Hall–Kier alpha value is -1.59. The number of hydrogen-bond acceptors (Lipinski definition) is 3. The number of ether oxygens (including phenoxy) is 1. The Kier molecular flexibility index (Phi) is 6.53. The van der Waals surface area contributed by atoms with Gasteiger partial charge in [0.1, 0.15) is 6.73 Å². The molecule has 1 aromatic carbocycles. The van der Waals surface area contributed by atoms with E-state index in [1.54, 1.807) is 11.7 Å². The van der Waals surface area contributed by atoms with E-state index < -0.39 is 0 Å². The first-order chi connectivity index (χ1) is 13.8. The van der Waals surface area contributed by atoms with Gasteiger partial charge in [0.25, 0.3) is 0 Å². The van der Waals surface area contributed by atoms with Gasteiger partial charge in [-0.2, -0.15) is 0 Å². The van der Waals surface area contributed by atoms with Gasteiger partial charge in [-0.15, -0.1) is 0 Å². The lowest BCUT2D eigenvalue weighted by atomic mass is 9.90. The maximum atomic E-state index is 13.1. The zero-order valence-electron chi connectivity index (χ0n) is 17.3. The third-order valence-corrected chi connectivity index (χ3v) is 6.79. The van der Waals surface area contributed by atoms with Gasteiger partial charge < -0.3 is 9.64 Å². The molecule has 1 saturated heterocycles. The molecule has 2 fully saturated rings. The first kappa shape index (κ1) is 19.7. The van der Waals surface area contributed by atoms with Crippen LogP contribution < -0.4 is 5.69 Å². The second kappa shape index (κ2) is 9.27. The van der Waals surface area contributed by atoms with Crippen LogP contribution in [0.15, 0.2) is 29.1 Å². The van der Waals surface area contributed by atoms with Gasteiger partial charge in [-0.1, -0.05) is 44.2 Å².